The van der Waals surface area contributed by atoms with E-state index in [9.17, 15) is 0 Å². The van der Waals surface area contributed by atoms with Crippen LogP contribution in [0.1, 0.15) is 45.6 Å². The lowest BCUT2D eigenvalue weighted by molar-refractivity contribution is -0.0747. The summed E-state index contributed by atoms with van der Waals surface area (Å²) >= 11 is 6.04. The smallest absolute Gasteiger partial charge is 0.181 e. The van der Waals surface area contributed by atoms with Gasteiger partial charge in [0.25, 0.3) is 0 Å². The minimum atomic E-state index is 0.0394. The third-order valence-electron chi connectivity index (χ3n) is 5.84. The van der Waals surface area contributed by atoms with Crippen molar-refractivity contribution in [3.05, 3.63) is 53.1 Å². The van der Waals surface area contributed by atoms with Crippen LogP contribution >= 0.6 is 11.6 Å². The Labute approximate surface area is 180 Å². The Bertz CT molecular complexity index is 774. The molecule has 1 aliphatic heterocycles. The molecule has 0 aromatic heterocycles. The maximum absolute atomic E-state index is 6.05. The van der Waals surface area contributed by atoms with Gasteiger partial charge in [-0.25, -0.2) is 0 Å². The van der Waals surface area contributed by atoms with E-state index < -0.39 is 0 Å². The molecule has 2 aliphatic rings. The van der Waals surface area contributed by atoms with E-state index in [1.807, 2.05) is 24.3 Å². The van der Waals surface area contributed by atoms with Gasteiger partial charge in [-0.1, -0.05) is 56.2 Å². The first-order valence-electron chi connectivity index (χ1n) is 10.6. The molecular formula is C24H34ClN3O. The van der Waals surface area contributed by atoms with E-state index in [-0.39, 0.29) is 11.6 Å². The average Bonchev–Trinajstić information content (AvgIpc) is 2.68. The van der Waals surface area contributed by atoms with E-state index in [2.05, 4.69) is 55.4 Å². The lowest BCUT2D eigenvalue weighted by atomic mass is 9.74. The molecule has 0 saturated carbocycles. The molecule has 0 radical (unpaired) electrons. The molecule has 1 aromatic carbocycles. The Hall–Kier alpha value is -1.62. The number of piperazine rings is 1. The minimum Gasteiger partial charge on any atom is -0.376 e. The van der Waals surface area contributed by atoms with Gasteiger partial charge in [-0.05, 0) is 66.6 Å². The van der Waals surface area contributed by atoms with Crippen molar-refractivity contribution in [2.45, 2.75) is 46.3 Å². The number of oxime groups is 1. The van der Waals surface area contributed by atoms with E-state index in [1.54, 1.807) is 0 Å². The summed E-state index contributed by atoms with van der Waals surface area (Å²) in [5, 5.41) is 5.35. The van der Waals surface area contributed by atoms with Crippen LogP contribution < -0.4 is 0 Å². The Balaban J connectivity index is 1.75. The zero-order valence-corrected chi connectivity index (χ0v) is 19.0. The second-order valence-corrected chi connectivity index (χ2v) is 9.50. The molecule has 1 aliphatic carbocycles. The van der Waals surface area contributed by atoms with Crippen LogP contribution in [0.5, 0.6) is 0 Å². The average molecular weight is 416 g/mol. The van der Waals surface area contributed by atoms with Crippen LogP contribution in [-0.2, 0) is 4.84 Å². The lowest BCUT2D eigenvalue weighted by Gasteiger charge is -2.36. The van der Waals surface area contributed by atoms with Gasteiger partial charge < -0.3 is 9.74 Å². The molecule has 3 rings (SSSR count). The minimum absolute atomic E-state index is 0.0394. The Morgan fingerprint density at radius 3 is 2.45 bits per heavy atom. The maximum Gasteiger partial charge on any atom is 0.181 e. The van der Waals surface area contributed by atoms with Gasteiger partial charge in [0.15, 0.2) is 6.23 Å². The number of hydrogen-bond acceptors (Lipinski definition) is 4. The first kappa shape index (κ1) is 22.1. The van der Waals surface area contributed by atoms with Gasteiger partial charge in [-0.2, -0.15) is 0 Å². The van der Waals surface area contributed by atoms with Crippen LogP contribution in [0.3, 0.4) is 0 Å². The topological polar surface area (TPSA) is 28.1 Å². The predicted octanol–water partition coefficient (Wildman–Crippen LogP) is 5.46. The first-order chi connectivity index (χ1) is 13.8. The van der Waals surface area contributed by atoms with Gasteiger partial charge in [0.05, 0.1) is 5.71 Å². The largest absolute Gasteiger partial charge is 0.376 e. The molecule has 5 heteroatoms. The summed E-state index contributed by atoms with van der Waals surface area (Å²) in [7, 11) is 2.17. The second-order valence-electron chi connectivity index (χ2n) is 9.06. The van der Waals surface area contributed by atoms with Gasteiger partial charge in [0.1, 0.15) is 0 Å². The molecule has 0 N–H and O–H groups in total. The van der Waals surface area contributed by atoms with Crippen LogP contribution in [0, 0.1) is 5.41 Å². The third-order valence-corrected chi connectivity index (χ3v) is 6.09. The van der Waals surface area contributed by atoms with Crippen molar-refractivity contribution < 1.29 is 4.84 Å². The zero-order chi connectivity index (χ0) is 21.0. The number of allylic oxidation sites excluding steroid dienone is 3. The van der Waals surface area contributed by atoms with Crippen LogP contribution in [-0.4, -0.2) is 55.0 Å². The van der Waals surface area contributed by atoms with Gasteiger partial charge in [0, 0.05) is 31.2 Å². The fraction of sp³-hybridized carbons (Fsp3) is 0.542. The van der Waals surface area contributed by atoms with Crippen molar-refractivity contribution in [3.63, 3.8) is 0 Å². The van der Waals surface area contributed by atoms with E-state index in [0.717, 1.165) is 67.3 Å². The Kier molecular flexibility index (Phi) is 7.20. The van der Waals surface area contributed by atoms with Crippen LogP contribution in [0.4, 0.5) is 0 Å². The predicted molar refractivity (Wildman–Crippen MR) is 123 cm³/mol. The molecule has 4 nitrogen and oxygen atoms in total. The molecule has 1 heterocycles. The highest BCUT2D eigenvalue weighted by atomic mass is 35.5. The summed E-state index contributed by atoms with van der Waals surface area (Å²) in [6.07, 6.45) is 5.02. The van der Waals surface area contributed by atoms with Gasteiger partial charge in [0.2, 0.25) is 0 Å². The summed E-state index contributed by atoms with van der Waals surface area (Å²) in [5.74, 6) is 0. The zero-order valence-electron chi connectivity index (χ0n) is 18.2. The number of nitrogens with zero attached hydrogens (tertiary/aromatic N) is 3. The standard InChI is InChI=1S/C24H34ClN3O/c1-6-23(28-13-11-27(5)12-14-28)29-26-22-15-20(16-24(3,4)17-22)18(2)19-7-9-21(25)10-8-19/h7-10,15,23H,2,6,11-14,16-17H2,1,3-5H3/b26-22-. The van der Waals surface area contributed by atoms with E-state index >= 15 is 0 Å². The van der Waals surface area contributed by atoms with Crippen molar-refractivity contribution in [1.29, 1.82) is 0 Å². The molecule has 1 saturated heterocycles. The Morgan fingerprint density at radius 2 is 1.83 bits per heavy atom. The van der Waals surface area contributed by atoms with Gasteiger partial charge in [-0.15, -0.1) is 0 Å². The van der Waals surface area contributed by atoms with Crippen molar-refractivity contribution in [2.75, 3.05) is 33.2 Å². The van der Waals surface area contributed by atoms with E-state index in [1.165, 1.54) is 5.57 Å². The number of likely N-dealkylation sites (N-methyl/N-ethyl adjacent to an activating group) is 1. The summed E-state index contributed by atoms with van der Waals surface area (Å²) in [6.45, 7) is 15.3. The molecule has 0 amide bonds. The van der Waals surface area contributed by atoms with E-state index in [4.69, 9.17) is 16.4 Å². The number of hydrogen-bond donors (Lipinski definition) is 0. The monoisotopic (exact) mass is 415 g/mol. The highest BCUT2D eigenvalue weighted by Crippen LogP contribution is 2.39. The normalized spacial score (nSPS) is 22.9. The molecular weight excluding hydrogens is 382 g/mol. The van der Waals surface area contributed by atoms with Gasteiger partial charge >= 0.3 is 0 Å². The van der Waals surface area contributed by atoms with Crippen LogP contribution in [0.2, 0.25) is 5.02 Å². The van der Waals surface area contributed by atoms with E-state index in [0.29, 0.717) is 0 Å². The first-order valence-corrected chi connectivity index (χ1v) is 11.0. The Morgan fingerprint density at radius 1 is 1.17 bits per heavy atom. The molecule has 158 valence electrons. The number of rotatable bonds is 6. The van der Waals surface area contributed by atoms with Crippen LogP contribution in [0.25, 0.3) is 5.57 Å². The maximum atomic E-state index is 6.05. The summed E-state index contributed by atoms with van der Waals surface area (Å²) in [6, 6.07) is 7.88. The molecule has 29 heavy (non-hydrogen) atoms. The van der Waals surface area contributed by atoms with Crippen LogP contribution in [0.15, 0.2) is 47.6 Å². The summed E-state index contributed by atoms with van der Waals surface area (Å²) in [4.78, 5) is 10.8. The highest BCUT2D eigenvalue weighted by molar-refractivity contribution is 6.30. The van der Waals surface area contributed by atoms with Crippen molar-refractivity contribution >= 4 is 22.9 Å². The fourth-order valence-corrected chi connectivity index (χ4v) is 4.22. The number of halogens is 1. The SMILES string of the molecule is C=C(C1=C/C(=N/OC(CC)N2CCN(C)CC2)CC(C)(C)C1)c1ccc(Cl)cc1. The molecule has 0 bridgehead atoms. The van der Waals surface area contributed by atoms with Crippen molar-refractivity contribution in [1.82, 2.24) is 9.80 Å². The fourth-order valence-electron chi connectivity index (χ4n) is 4.10. The molecule has 1 atom stereocenters. The summed E-state index contributed by atoms with van der Waals surface area (Å²) < 4.78 is 0. The molecule has 0 spiro atoms. The van der Waals surface area contributed by atoms with Gasteiger partial charge in [-0.3, -0.25) is 4.90 Å². The molecule has 1 aromatic rings. The second kappa shape index (κ2) is 9.46. The summed E-state index contributed by atoms with van der Waals surface area (Å²) in [5.41, 5.74) is 4.48. The van der Waals surface area contributed by atoms with Crippen molar-refractivity contribution in [2.24, 2.45) is 10.6 Å². The third kappa shape index (κ3) is 5.94. The molecule has 1 unspecified atom stereocenters. The number of benzene rings is 1. The highest BCUT2D eigenvalue weighted by Gasteiger charge is 2.29. The quantitative estimate of drug-likeness (QED) is 0.578. The lowest BCUT2D eigenvalue weighted by Crippen LogP contribution is -2.49. The molecule has 1 fully saturated rings. The van der Waals surface area contributed by atoms with Crippen molar-refractivity contribution in [3.8, 4) is 0 Å².